The Labute approximate surface area is 156 Å². The van der Waals surface area contributed by atoms with E-state index in [1.807, 2.05) is 31.2 Å². The van der Waals surface area contributed by atoms with E-state index in [1.54, 1.807) is 0 Å². The van der Waals surface area contributed by atoms with E-state index in [9.17, 15) is 0 Å². The third kappa shape index (κ3) is 4.26. The fourth-order valence-electron chi connectivity index (χ4n) is 3.16. The van der Waals surface area contributed by atoms with Crippen molar-refractivity contribution in [1.29, 1.82) is 0 Å². The van der Waals surface area contributed by atoms with Gasteiger partial charge in [-0.2, -0.15) is 0 Å². The van der Waals surface area contributed by atoms with Crippen molar-refractivity contribution in [1.82, 2.24) is 0 Å². The Hall–Kier alpha value is -2.74. The molecule has 0 spiro atoms. The lowest BCUT2D eigenvalue weighted by Gasteiger charge is -2.15. The molecule has 0 amide bonds. The molecule has 0 aliphatic rings. The number of hydrogen-bond acceptors (Lipinski definition) is 2. The first kappa shape index (κ1) is 18.1. The number of benzene rings is 3. The number of hydrogen-bond donors (Lipinski definition) is 0. The highest BCUT2D eigenvalue weighted by atomic mass is 16.5. The second kappa shape index (κ2) is 8.09. The molecular weight excluding hydrogens is 320 g/mol. The lowest BCUT2D eigenvalue weighted by Crippen LogP contribution is -1.97. The zero-order valence-electron chi connectivity index (χ0n) is 16.0. The van der Waals surface area contributed by atoms with Gasteiger partial charge in [0.2, 0.25) is 0 Å². The smallest absolute Gasteiger partial charge is 0.133 e. The molecule has 3 aromatic rings. The minimum atomic E-state index is 0.667. The summed E-state index contributed by atoms with van der Waals surface area (Å²) in [4.78, 5) is 0. The fourth-order valence-corrected chi connectivity index (χ4v) is 3.16. The fraction of sp³-hybridized carbons (Fsp3) is 0.250. The molecule has 0 aliphatic heterocycles. The van der Waals surface area contributed by atoms with Gasteiger partial charge >= 0.3 is 0 Å². The largest absolute Gasteiger partial charge is 0.494 e. The van der Waals surface area contributed by atoms with Crippen LogP contribution in [0.4, 0.5) is 0 Å². The van der Waals surface area contributed by atoms with Crippen molar-refractivity contribution in [3.05, 3.63) is 88.5 Å². The third-order valence-electron chi connectivity index (χ3n) is 4.52. The number of rotatable bonds is 6. The first-order valence-electron chi connectivity index (χ1n) is 9.12. The summed E-state index contributed by atoms with van der Waals surface area (Å²) >= 11 is 0. The minimum Gasteiger partial charge on any atom is -0.494 e. The molecule has 0 fully saturated rings. The standard InChI is InChI=1S/C24H26O2/c1-5-25-23-13-18(3)24(19(4)14-23)26-22-12-11-17(2)21(16-22)15-20-9-7-6-8-10-20/h6-14,16H,5,15H2,1-4H3. The van der Waals surface area contributed by atoms with E-state index in [0.29, 0.717) is 6.61 Å². The van der Waals surface area contributed by atoms with E-state index < -0.39 is 0 Å². The monoisotopic (exact) mass is 346 g/mol. The van der Waals surface area contributed by atoms with Crippen LogP contribution in [0.15, 0.2) is 60.7 Å². The van der Waals surface area contributed by atoms with E-state index >= 15 is 0 Å². The molecule has 0 saturated carbocycles. The summed E-state index contributed by atoms with van der Waals surface area (Å²) in [6.45, 7) is 8.93. The molecule has 2 heteroatoms. The Morgan fingerprint density at radius 2 is 1.42 bits per heavy atom. The molecule has 0 atom stereocenters. The predicted octanol–water partition coefficient (Wildman–Crippen LogP) is 6.39. The SMILES string of the molecule is CCOc1cc(C)c(Oc2ccc(C)c(Cc3ccccc3)c2)c(C)c1. The molecule has 0 heterocycles. The van der Waals surface area contributed by atoms with E-state index in [4.69, 9.17) is 9.47 Å². The topological polar surface area (TPSA) is 18.5 Å². The van der Waals surface area contributed by atoms with Gasteiger partial charge in [-0.25, -0.2) is 0 Å². The van der Waals surface area contributed by atoms with Gasteiger partial charge in [-0.05, 0) is 86.2 Å². The zero-order chi connectivity index (χ0) is 18.5. The summed E-state index contributed by atoms with van der Waals surface area (Å²) in [7, 11) is 0. The Kier molecular flexibility index (Phi) is 5.62. The zero-order valence-corrected chi connectivity index (χ0v) is 16.0. The first-order chi connectivity index (χ1) is 12.6. The van der Waals surface area contributed by atoms with Crippen LogP contribution in [0.1, 0.15) is 34.7 Å². The molecule has 26 heavy (non-hydrogen) atoms. The maximum absolute atomic E-state index is 6.25. The van der Waals surface area contributed by atoms with E-state index in [2.05, 4.69) is 57.2 Å². The lowest BCUT2D eigenvalue weighted by atomic mass is 10.0. The van der Waals surface area contributed by atoms with Crippen molar-refractivity contribution in [2.75, 3.05) is 6.61 Å². The van der Waals surface area contributed by atoms with Gasteiger partial charge in [-0.3, -0.25) is 0 Å². The van der Waals surface area contributed by atoms with Gasteiger partial charge in [-0.1, -0.05) is 36.4 Å². The van der Waals surface area contributed by atoms with E-state index in [0.717, 1.165) is 34.8 Å². The van der Waals surface area contributed by atoms with Crippen LogP contribution in [-0.2, 0) is 6.42 Å². The van der Waals surface area contributed by atoms with Crippen molar-refractivity contribution in [3.8, 4) is 17.2 Å². The summed E-state index contributed by atoms with van der Waals surface area (Å²) < 4.78 is 11.9. The van der Waals surface area contributed by atoms with Crippen molar-refractivity contribution in [2.24, 2.45) is 0 Å². The number of aryl methyl sites for hydroxylation is 3. The predicted molar refractivity (Wildman–Crippen MR) is 108 cm³/mol. The van der Waals surface area contributed by atoms with Crippen molar-refractivity contribution < 1.29 is 9.47 Å². The molecule has 134 valence electrons. The summed E-state index contributed by atoms with van der Waals surface area (Å²) in [6.07, 6.45) is 0.908. The van der Waals surface area contributed by atoms with Gasteiger partial charge in [0.15, 0.2) is 0 Å². The van der Waals surface area contributed by atoms with Crippen molar-refractivity contribution in [3.63, 3.8) is 0 Å². The Morgan fingerprint density at radius 3 is 2.08 bits per heavy atom. The Balaban J connectivity index is 1.86. The summed E-state index contributed by atoms with van der Waals surface area (Å²) in [5, 5.41) is 0. The quantitative estimate of drug-likeness (QED) is 0.514. The molecule has 2 nitrogen and oxygen atoms in total. The van der Waals surface area contributed by atoms with Crippen LogP contribution in [0.5, 0.6) is 17.2 Å². The molecule has 3 rings (SSSR count). The molecule has 0 aromatic heterocycles. The molecule has 0 bridgehead atoms. The first-order valence-corrected chi connectivity index (χ1v) is 9.12. The van der Waals surface area contributed by atoms with E-state index in [-0.39, 0.29) is 0 Å². The Morgan fingerprint density at radius 1 is 0.731 bits per heavy atom. The van der Waals surface area contributed by atoms with Crippen LogP contribution in [0, 0.1) is 20.8 Å². The van der Waals surface area contributed by atoms with E-state index in [1.165, 1.54) is 16.7 Å². The highest BCUT2D eigenvalue weighted by Crippen LogP contribution is 2.33. The number of ether oxygens (including phenoxy) is 2. The minimum absolute atomic E-state index is 0.667. The molecule has 0 radical (unpaired) electrons. The van der Waals surface area contributed by atoms with Crippen molar-refractivity contribution in [2.45, 2.75) is 34.1 Å². The van der Waals surface area contributed by atoms with Gasteiger partial charge in [0.05, 0.1) is 6.61 Å². The Bertz CT molecular complexity index is 859. The normalized spacial score (nSPS) is 10.6. The maximum Gasteiger partial charge on any atom is 0.133 e. The molecular formula is C24H26O2. The van der Waals surface area contributed by atoms with Gasteiger partial charge in [0, 0.05) is 0 Å². The van der Waals surface area contributed by atoms with Crippen LogP contribution in [-0.4, -0.2) is 6.61 Å². The highest BCUT2D eigenvalue weighted by molar-refractivity contribution is 5.49. The van der Waals surface area contributed by atoms with Crippen LogP contribution < -0.4 is 9.47 Å². The molecule has 0 unspecified atom stereocenters. The summed E-state index contributed by atoms with van der Waals surface area (Å²) in [6, 6.07) is 20.9. The van der Waals surface area contributed by atoms with Crippen LogP contribution in [0.3, 0.4) is 0 Å². The van der Waals surface area contributed by atoms with Crippen LogP contribution in [0.2, 0.25) is 0 Å². The third-order valence-corrected chi connectivity index (χ3v) is 4.52. The van der Waals surface area contributed by atoms with Gasteiger partial charge in [-0.15, -0.1) is 0 Å². The highest BCUT2D eigenvalue weighted by Gasteiger charge is 2.10. The summed E-state index contributed by atoms with van der Waals surface area (Å²) in [5.74, 6) is 2.67. The molecule has 0 N–H and O–H groups in total. The van der Waals surface area contributed by atoms with Gasteiger partial charge < -0.3 is 9.47 Å². The molecule has 3 aromatic carbocycles. The molecule has 0 aliphatic carbocycles. The maximum atomic E-state index is 6.25. The second-order valence-electron chi connectivity index (χ2n) is 6.67. The van der Waals surface area contributed by atoms with Crippen molar-refractivity contribution >= 4 is 0 Å². The van der Waals surface area contributed by atoms with Gasteiger partial charge in [0.1, 0.15) is 17.2 Å². The summed E-state index contributed by atoms with van der Waals surface area (Å²) in [5.41, 5.74) is 6.04. The van der Waals surface area contributed by atoms with Crippen LogP contribution >= 0.6 is 0 Å². The van der Waals surface area contributed by atoms with Crippen LogP contribution in [0.25, 0.3) is 0 Å². The average molecular weight is 346 g/mol. The van der Waals surface area contributed by atoms with Gasteiger partial charge in [0.25, 0.3) is 0 Å². The lowest BCUT2D eigenvalue weighted by molar-refractivity contribution is 0.339. The average Bonchev–Trinajstić information content (AvgIpc) is 2.62. The second-order valence-corrected chi connectivity index (χ2v) is 6.67. The molecule has 0 saturated heterocycles.